The van der Waals surface area contributed by atoms with Crippen molar-refractivity contribution in [3.63, 3.8) is 0 Å². The molecule has 1 aliphatic rings. The molecule has 12 heteroatoms. The van der Waals surface area contributed by atoms with Gasteiger partial charge in [-0.05, 0) is 60.4 Å². The van der Waals surface area contributed by atoms with Gasteiger partial charge >= 0.3 is 12.1 Å². The van der Waals surface area contributed by atoms with Crippen LogP contribution in [0.5, 0.6) is 0 Å². The van der Waals surface area contributed by atoms with Gasteiger partial charge in [0.1, 0.15) is 17.8 Å². The molecular formula is C29H25F2N5O5. The highest BCUT2D eigenvalue weighted by Crippen LogP contribution is 2.32. The first-order chi connectivity index (χ1) is 19.4. The molecule has 2 amide bonds. The summed E-state index contributed by atoms with van der Waals surface area (Å²) in [7, 11) is 0. The lowest BCUT2D eigenvalue weighted by Crippen LogP contribution is -2.50. The number of nitrogens with zero attached hydrogens (tertiary/aromatic N) is 3. The first-order valence-electron chi connectivity index (χ1n) is 12.5. The van der Waals surface area contributed by atoms with E-state index in [4.69, 9.17) is 15.6 Å². The zero-order valence-electron chi connectivity index (χ0n) is 22.1. The van der Waals surface area contributed by atoms with Crippen LogP contribution < -0.4 is 11.1 Å². The lowest BCUT2D eigenvalue weighted by atomic mass is 9.97. The Kier molecular flexibility index (Phi) is 6.99. The molecule has 1 aromatic heterocycles. The molecule has 0 spiro atoms. The van der Waals surface area contributed by atoms with Crippen LogP contribution >= 0.6 is 0 Å². The number of hydrogen-bond donors (Lipinski definition) is 3. The summed E-state index contributed by atoms with van der Waals surface area (Å²) in [5.41, 5.74) is 7.47. The van der Waals surface area contributed by atoms with Gasteiger partial charge in [-0.1, -0.05) is 30.3 Å². The normalized spacial score (nSPS) is 12.7. The van der Waals surface area contributed by atoms with E-state index in [1.54, 1.807) is 23.1 Å². The Hall–Kier alpha value is -5.13. The van der Waals surface area contributed by atoms with Crippen molar-refractivity contribution in [2.24, 2.45) is 0 Å². The summed E-state index contributed by atoms with van der Waals surface area (Å²) >= 11 is 0. The molecule has 0 radical (unpaired) electrons. The summed E-state index contributed by atoms with van der Waals surface area (Å²) in [6.45, 7) is 2.92. The van der Waals surface area contributed by atoms with Gasteiger partial charge in [0.25, 0.3) is 5.91 Å². The van der Waals surface area contributed by atoms with Gasteiger partial charge in [0, 0.05) is 24.0 Å². The zero-order chi connectivity index (χ0) is 29.5. The highest BCUT2D eigenvalue weighted by atomic mass is 19.2. The van der Waals surface area contributed by atoms with Crippen LogP contribution in [0.1, 0.15) is 41.0 Å². The summed E-state index contributed by atoms with van der Waals surface area (Å²) in [5, 5.41) is 11.4. The van der Waals surface area contributed by atoms with Crippen molar-refractivity contribution < 1.29 is 33.0 Å². The fourth-order valence-corrected chi connectivity index (χ4v) is 4.72. The standard InChI is InChI=1S/C29H25F2N5O5/c1-29(2,35-28(39)40)26(38)41-14-18-10-21(30)22(31)11-19(18)15-7-8-23-20(9-15)24(34-27(32)33-23)25(37)36-12-16-5-3-4-6-17(16)13-36/h3-11,35H,12-14H2,1-2H3,(H,39,40)(H2,32,33,34). The molecule has 1 aliphatic heterocycles. The minimum atomic E-state index is -1.59. The van der Waals surface area contributed by atoms with Crippen molar-refractivity contribution in [3.8, 4) is 11.1 Å². The predicted octanol–water partition coefficient (Wildman–Crippen LogP) is 4.40. The largest absolute Gasteiger partial charge is 0.465 e. The Balaban J connectivity index is 1.51. The number of carbonyl (C=O) groups is 3. The monoisotopic (exact) mass is 561 g/mol. The number of amides is 2. The summed E-state index contributed by atoms with van der Waals surface area (Å²) in [6, 6.07) is 14.3. The maximum Gasteiger partial charge on any atom is 0.405 e. The van der Waals surface area contributed by atoms with Crippen LogP contribution in [0.25, 0.3) is 22.0 Å². The third-order valence-corrected chi connectivity index (χ3v) is 6.79. The van der Waals surface area contributed by atoms with Gasteiger partial charge < -0.3 is 25.8 Å². The molecule has 0 saturated carbocycles. The van der Waals surface area contributed by atoms with E-state index < -0.39 is 35.8 Å². The molecule has 4 aromatic rings. The fourth-order valence-electron chi connectivity index (χ4n) is 4.72. The molecule has 0 unspecified atom stereocenters. The number of anilines is 1. The number of nitrogens with one attached hydrogen (secondary N) is 1. The second-order valence-electron chi connectivity index (χ2n) is 10.1. The lowest BCUT2D eigenvalue weighted by Gasteiger charge is -2.22. The van der Waals surface area contributed by atoms with Crippen molar-refractivity contribution >= 4 is 34.8 Å². The number of nitrogen functional groups attached to an aromatic ring is 1. The number of esters is 1. The second kappa shape index (κ2) is 10.5. The smallest absolute Gasteiger partial charge is 0.405 e. The van der Waals surface area contributed by atoms with Gasteiger partial charge in [-0.25, -0.2) is 28.3 Å². The number of nitrogens with two attached hydrogens (primary N) is 1. The Morgan fingerprint density at radius 3 is 2.34 bits per heavy atom. The number of ether oxygens (including phenoxy) is 1. The number of hydrogen-bond acceptors (Lipinski definition) is 7. The third kappa shape index (κ3) is 5.49. The SMILES string of the molecule is CC(C)(NC(=O)O)C(=O)OCc1cc(F)c(F)cc1-c1ccc2nc(N)nc(C(=O)N3Cc4ccccc4C3)c2c1. The van der Waals surface area contributed by atoms with E-state index in [0.717, 1.165) is 23.3 Å². The highest BCUT2D eigenvalue weighted by molar-refractivity contribution is 6.06. The van der Waals surface area contributed by atoms with Crippen molar-refractivity contribution in [2.75, 3.05) is 5.73 Å². The molecule has 0 atom stereocenters. The molecule has 3 aromatic carbocycles. The highest BCUT2D eigenvalue weighted by Gasteiger charge is 2.32. The molecule has 210 valence electrons. The minimum absolute atomic E-state index is 0.0548. The summed E-state index contributed by atoms with van der Waals surface area (Å²) < 4.78 is 34.0. The van der Waals surface area contributed by atoms with Gasteiger partial charge in [-0.15, -0.1) is 0 Å². The van der Waals surface area contributed by atoms with E-state index in [1.807, 2.05) is 29.6 Å². The number of aromatic nitrogens is 2. The third-order valence-electron chi connectivity index (χ3n) is 6.79. The van der Waals surface area contributed by atoms with E-state index in [0.29, 0.717) is 29.6 Å². The van der Waals surface area contributed by atoms with E-state index >= 15 is 0 Å². The molecule has 0 fully saturated rings. The summed E-state index contributed by atoms with van der Waals surface area (Å²) in [6.07, 6.45) is -1.43. The number of rotatable bonds is 6. The van der Waals surface area contributed by atoms with E-state index in [2.05, 4.69) is 9.97 Å². The molecule has 10 nitrogen and oxygen atoms in total. The van der Waals surface area contributed by atoms with Crippen LogP contribution in [-0.4, -0.2) is 43.5 Å². The van der Waals surface area contributed by atoms with Gasteiger partial charge in [0.2, 0.25) is 5.95 Å². The van der Waals surface area contributed by atoms with Gasteiger partial charge in [-0.2, -0.15) is 0 Å². The van der Waals surface area contributed by atoms with Crippen LogP contribution in [0.4, 0.5) is 19.5 Å². The lowest BCUT2D eigenvalue weighted by molar-refractivity contribution is -0.151. The number of halogens is 2. The Morgan fingerprint density at radius 1 is 1.02 bits per heavy atom. The number of carboxylic acid groups (broad SMARTS) is 1. The van der Waals surface area contributed by atoms with Crippen molar-refractivity contribution in [3.05, 3.63) is 88.6 Å². The van der Waals surface area contributed by atoms with E-state index in [1.165, 1.54) is 13.8 Å². The number of benzene rings is 3. The predicted molar refractivity (Wildman–Crippen MR) is 144 cm³/mol. The minimum Gasteiger partial charge on any atom is -0.465 e. The molecule has 4 N–H and O–H groups in total. The van der Waals surface area contributed by atoms with Crippen LogP contribution in [-0.2, 0) is 29.2 Å². The molecular weight excluding hydrogens is 536 g/mol. The van der Waals surface area contributed by atoms with E-state index in [-0.39, 0.29) is 28.7 Å². The number of fused-ring (bicyclic) bond motifs is 2. The van der Waals surface area contributed by atoms with Crippen molar-refractivity contribution in [1.82, 2.24) is 20.2 Å². The first-order valence-corrected chi connectivity index (χ1v) is 12.5. The molecule has 0 saturated heterocycles. The van der Waals surface area contributed by atoms with Gasteiger partial charge in [-0.3, -0.25) is 4.79 Å². The molecule has 5 rings (SSSR count). The Labute approximate surface area is 232 Å². The maximum absolute atomic E-state index is 14.4. The summed E-state index contributed by atoms with van der Waals surface area (Å²) in [4.78, 5) is 47.2. The van der Waals surface area contributed by atoms with Gasteiger partial charge in [0.05, 0.1) is 5.52 Å². The average molecular weight is 562 g/mol. The van der Waals surface area contributed by atoms with Crippen LogP contribution in [0.15, 0.2) is 54.6 Å². The average Bonchev–Trinajstić information content (AvgIpc) is 3.36. The molecule has 2 heterocycles. The van der Waals surface area contributed by atoms with Crippen molar-refractivity contribution in [2.45, 2.75) is 39.1 Å². The molecule has 41 heavy (non-hydrogen) atoms. The quantitative estimate of drug-likeness (QED) is 0.294. The zero-order valence-corrected chi connectivity index (χ0v) is 22.1. The molecule has 0 bridgehead atoms. The number of carbonyl (C=O) groups excluding carboxylic acids is 2. The van der Waals surface area contributed by atoms with Crippen LogP contribution in [0.3, 0.4) is 0 Å². The second-order valence-corrected chi connectivity index (χ2v) is 10.1. The van der Waals surface area contributed by atoms with Crippen LogP contribution in [0.2, 0.25) is 0 Å². The van der Waals surface area contributed by atoms with Crippen molar-refractivity contribution in [1.29, 1.82) is 0 Å². The summed E-state index contributed by atoms with van der Waals surface area (Å²) in [5.74, 6) is -3.68. The molecule has 0 aliphatic carbocycles. The van der Waals surface area contributed by atoms with Gasteiger partial charge in [0.15, 0.2) is 11.6 Å². The van der Waals surface area contributed by atoms with Crippen LogP contribution in [0, 0.1) is 11.6 Å². The topological polar surface area (TPSA) is 148 Å². The Morgan fingerprint density at radius 2 is 1.68 bits per heavy atom. The first kappa shape index (κ1) is 27.4. The Bertz CT molecular complexity index is 1700. The van der Waals surface area contributed by atoms with E-state index in [9.17, 15) is 23.2 Å². The fraction of sp³-hybridized carbons (Fsp3) is 0.207. The maximum atomic E-state index is 14.4.